The van der Waals surface area contributed by atoms with Gasteiger partial charge in [0.25, 0.3) is 0 Å². The molecule has 0 spiro atoms. The van der Waals surface area contributed by atoms with Gasteiger partial charge < -0.3 is 4.74 Å². The van der Waals surface area contributed by atoms with Gasteiger partial charge in [0.15, 0.2) is 0 Å². The number of terminal acetylenes is 1. The maximum absolute atomic E-state index is 5.69. The molecule has 0 heterocycles. The first-order chi connectivity index (χ1) is 15.6. The summed E-state index contributed by atoms with van der Waals surface area (Å²) in [6, 6.07) is 36.0. The maximum atomic E-state index is 5.69. The summed E-state index contributed by atoms with van der Waals surface area (Å²) in [6.07, 6.45) is 5.37. The van der Waals surface area contributed by atoms with Gasteiger partial charge in [-0.25, -0.2) is 0 Å². The van der Waals surface area contributed by atoms with E-state index in [2.05, 4.69) is 111 Å². The van der Waals surface area contributed by atoms with Crippen LogP contribution in [0.25, 0.3) is 0 Å². The number of aryl methyl sites for hydroxylation is 2. The summed E-state index contributed by atoms with van der Waals surface area (Å²) in [5.74, 6) is 3.31. The second kappa shape index (κ2) is 9.73. The third-order valence-corrected chi connectivity index (χ3v) is 9.06. The van der Waals surface area contributed by atoms with E-state index < -0.39 is 7.05 Å². The molecule has 0 aromatic heterocycles. The fraction of sp³-hybridized carbons (Fsp3) is 0.103. The van der Waals surface area contributed by atoms with Gasteiger partial charge in [-0.15, -0.1) is 6.42 Å². The molecular formula is C29H26NOP. The molecule has 4 aromatic rings. The minimum atomic E-state index is -2.31. The Balaban J connectivity index is 2.08. The second-order valence-electron chi connectivity index (χ2n) is 7.64. The van der Waals surface area contributed by atoms with Crippen molar-refractivity contribution in [3.63, 3.8) is 0 Å². The lowest BCUT2D eigenvalue weighted by Crippen LogP contribution is -2.25. The number of nitrogens with zero attached hydrogens (tertiary/aromatic N) is 1. The van der Waals surface area contributed by atoms with Crippen LogP contribution in [0.15, 0.2) is 108 Å². The molecule has 0 saturated heterocycles. The van der Waals surface area contributed by atoms with Gasteiger partial charge in [-0.1, -0.05) is 96.9 Å². The van der Waals surface area contributed by atoms with Crippen molar-refractivity contribution in [2.24, 2.45) is 4.74 Å². The summed E-state index contributed by atoms with van der Waals surface area (Å²) in [4.78, 5) is 0. The van der Waals surface area contributed by atoms with E-state index in [4.69, 9.17) is 15.9 Å². The summed E-state index contributed by atoms with van der Waals surface area (Å²) < 4.78 is 11.3. The van der Waals surface area contributed by atoms with Gasteiger partial charge in [-0.2, -0.15) is 0 Å². The molecule has 0 amide bonds. The van der Waals surface area contributed by atoms with Crippen LogP contribution in [0.5, 0.6) is 5.75 Å². The minimum absolute atomic E-state index is 0.254. The van der Waals surface area contributed by atoms with Crippen LogP contribution in [-0.2, 0) is 0 Å². The van der Waals surface area contributed by atoms with Crippen LogP contribution in [0, 0.1) is 26.2 Å². The Labute approximate surface area is 191 Å². The normalized spacial score (nSPS) is 10.9. The molecule has 0 saturated carbocycles. The standard InChI is InChI=1S/C29H26NOP/c1-4-20-31-25-21-23(2)29(24(3)22-25)30-32(26-14-8-5-9-15-26,27-16-10-6-11-17-27)28-18-12-7-13-19-28/h1,5-19,21-22H,20H2,2-3H3. The van der Waals surface area contributed by atoms with Gasteiger partial charge in [-0.05, 0) is 37.1 Å². The minimum Gasteiger partial charge on any atom is -0.481 e. The van der Waals surface area contributed by atoms with Crippen molar-refractivity contribution in [2.45, 2.75) is 13.8 Å². The van der Waals surface area contributed by atoms with Crippen molar-refractivity contribution >= 4 is 28.7 Å². The maximum Gasteiger partial charge on any atom is 0.148 e. The third kappa shape index (κ3) is 4.26. The van der Waals surface area contributed by atoms with Crippen molar-refractivity contribution in [1.29, 1.82) is 0 Å². The summed E-state index contributed by atoms with van der Waals surface area (Å²) in [6.45, 7) is 4.43. The van der Waals surface area contributed by atoms with Crippen LogP contribution in [-0.4, -0.2) is 6.61 Å². The molecule has 0 N–H and O–H groups in total. The zero-order valence-electron chi connectivity index (χ0n) is 18.4. The lowest BCUT2D eigenvalue weighted by atomic mass is 10.1. The molecule has 0 atom stereocenters. The van der Waals surface area contributed by atoms with E-state index in [1.165, 1.54) is 15.9 Å². The van der Waals surface area contributed by atoms with E-state index in [-0.39, 0.29) is 6.61 Å². The topological polar surface area (TPSA) is 21.6 Å². The highest BCUT2D eigenvalue weighted by Crippen LogP contribution is 2.50. The zero-order chi connectivity index (χ0) is 22.4. The largest absolute Gasteiger partial charge is 0.481 e. The average Bonchev–Trinajstić information content (AvgIpc) is 2.84. The predicted octanol–water partition coefficient (Wildman–Crippen LogP) is 6.12. The van der Waals surface area contributed by atoms with Crippen LogP contribution in [0.1, 0.15) is 11.1 Å². The molecule has 0 aliphatic heterocycles. The fourth-order valence-corrected chi connectivity index (χ4v) is 7.65. The lowest BCUT2D eigenvalue weighted by Gasteiger charge is -2.27. The first kappa shape index (κ1) is 21.7. The Morgan fingerprint density at radius 2 is 1.12 bits per heavy atom. The molecule has 3 heteroatoms. The van der Waals surface area contributed by atoms with E-state index in [0.29, 0.717) is 0 Å². The number of benzene rings is 4. The van der Waals surface area contributed by atoms with E-state index in [1.807, 2.05) is 12.1 Å². The SMILES string of the molecule is C#CCOc1cc(C)c(N=P(c2ccccc2)(c2ccccc2)c2ccccc2)c(C)c1. The Morgan fingerprint density at radius 3 is 1.50 bits per heavy atom. The first-order valence-electron chi connectivity index (χ1n) is 10.6. The molecule has 2 nitrogen and oxygen atoms in total. The van der Waals surface area contributed by atoms with Crippen LogP contribution >= 0.6 is 7.05 Å². The smallest absolute Gasteiger partial charge is 0.148 e. The molecule has 0 aliphatic carbocycles. The summed E-state index contributed by atoms with van der Waals surface area (Å²) >= 11 is 0. The number of ether oxygens (including phenoxy) is 1. The quantitative estimate of drug-likeness (QED) is 0.264. The molecule has 4 aromatic carbocycles. The van der Waals surface area contributed by atoms with E-state index >= 15 is 0 Å². The van der Waals surface area contributed by atoms with Crippen LogP contribution < -0.4 is 20.7 Å². The summed E-state index contributed by atoms with van der Waals surface area (Å²) in [7, 11) is -2.31. The van der Waals surface area contributed by atoms with Crippen LogP contribution in [0.2, 0.25) is 0 Å². The Kier molecular flexibility index (Phi) is 6.60. The molecular weight excluding hydrogens is 409 g/mol. The van der Waals surface area contributed by atoms with Crippen LogP contribution in [0.3, 0.4) is 0 Å². The van der Waals surface area contributed by atoms with Gasteiger partial charge in [0.2, 0.25) is 0 Å². The summed E-state index contributed by atoms with van der Waals surface area (Å²) in [5, 5.41) is 3.68. The highest BCUT2D eigenvalue weighted by atomic mass is 31.2. The highest BCUT2D eigenvalue weighted by molar-refractivity contribution is 7.87. The van der Waals surface area contributed by atoms with Crippen molar-refractivity contribution < 1.29 is 4.74 Å². The number of hydrogen-bond donors (Lipinski definition) is 0. The Morgan fingerprint density at radius 1 is 0.719 bits per heavy atom. The molecule has 32 heavy (non-hydrogen) atoms. The van der Waals surface area contributed by atoms with E-state index in [9.17, 15) is 0 Å². The van der Waals surface area contributed by atoms with Gasteiger partial charge >= 0.3 is 0 Å². The van der Waals surface area contributed by atoms with E-state index in [1.54, 1.807) is 0 Å². The van der Waals surface area contributed by atoms with E-state index in [0.717, 1.165) is 22.6 Å². The molecule has 158 valence electrons. The van der Waals surface area contributed by atoms with Crippen molar-refractivity contribution in [2.75, 3.05) is 6.61 Å². The monoisotopic (exact) mass is 435 g/mol. The Bertz CT molecular complexity index is 1160. The molecule has 0 bridgehead atoms. The molecule has 4 rings (SSSR count). The number of hydrogen-bond acceptors (Lipinski definition) is 2. The average molecular weight is 436 g/mol. The van der Waals surface area contributed by atoms with Crippen LogP contribution in [0.4, 0.5) is 5.69 Å². The van der Waals surface area contributed by atoms with Crippen molar-refractivity contribution in [3.8, 4) is 18.1 Å². The lowest BCUT2D eigenvalue weighted by molar-refractivity contribution is 0.370. The zero-order valence-corrected chi connectivity index (χ0v) is 19.3. The fourth-order valence-electron chi connectivity index (χ4n) is 3.98. The molecule has 0 unspecified atom stereocenters. The molecule has 0 fully saturated rings. The highest BCUT2D eigenvalue weighted by Gasteiger charge is 2.28. The van der Waals surface area contributed by atoms with Gasteiger partial charge in [0.05, 0.1) is 12.7 Å². The summed E-state index contributed by atoms with van der Waals surface area (Å²) in [5.41, 5.74) is 3.15. The van der Waals surface area contributed by atoms with Gasteiger partial charge in [0, 0.05) is 15.9 Å². The number of rotatable bonds is 6. The molecule has 0 radical (unpaired) electrons. The Hall–Kier alpha value is -3.53. The van der Waals surface area contributed by atoms with Gasteiger partial charge in [0.1, 0.15) is 12.4 Å². The predicted molar refractivity (Wildman–Crippen MR) is 137 cm³/mol. The first-order valence-corrected chi connectivity index (χ1v) is 12.4. The van der Waals surface area contributed by atoms with Crippen molar-refractivity contribution in [3.05, 3.63) is 114 Å². The third-order valence-electron chi connectivity index (χ3n) is 5.43. The molecule has 0 aliphatic rings. The van der Waals surface area contributed by atoms with Gasteiger partial charge in [-0.3, -0.25) is 4.74 Å². The second-order valence-corrected chi connectivity index (χ2v) is 10.7. The van der Waals surface area contributed by atoms with Crippen molar-refractivity contribution in [1.82, 2.24) is 0 Å².